The number of likely N-dealkylation sites (tertiary alicyclic amines) is 1. The standard InChI is InChI=1S/C35H53N3O2/c1-32(2,3)24-14-22(30(39)26(16-24)34(7,8)9)18-36-28-20-38(13)21-29(28)37-19-23-15-25(33(4,5)6)17-27(31(23)40)35(10,11)12/h14-19,28-29,39-40H,20-21H2,1-13H3/t28-,29-/m1/s1. The van der Waals surface area contributed by atoms with Gasteiger partial charge >= 0.3 is 0 Å². The van der Waals surface area contributed by atoms with Crippen molar-refractivity contribution in [1.82, 2.24) is 4.90 Å². The smallest absolute Gasteiger partial charge is 0.128 e. The van der Waals surface area contributed by atoms with Crippen LogP contribution in [0.2, 0.25) is 0 Å². The van der Waals surface area contributed by atoms with Crippen LogP contribution in [0.4, 0.5) is 0 Å². The molecule has 5 heteroatoms. The lowest BCUT2D eigenvalue weighted by atomic mass is 9.79. The summed E-state index contributed by atoms with van der Waals surface area (Å²) in [5.74, 6) is 0.601. The molecule has 1 saturated heterocycles. The topological polar surface area (TPSA) is 68.4 Å². The lowest BCUT2D eigenvalue weighted by Gasteiger charge is -2.27. The van der Waals surface area contributed by atoms with Crippen LogP contribution in [0.3, 0.4) is 0 Å². The molecule has 0 unspecified atom stereocenters. The van der Waals surface area contributed by atoms with Crippen molar-refractivity contribution in [3.63, 3.8) is 0 Å². The van der Waals surface area contributed by atoms with Gasteiger partial charge in [0, 0.05) is 47.8 Å². The summed E-state index contributed by atoms with van der Waals surface area (Å²) in [5, 5.41) is 22.4. The van der Waals surface area contributed by atoms with E-state index in [9.17, 15) is 10.2 Å². The van der Waals surface area contributed by atoms with Crippen LogP contribution in [0.1, 0.15) is 116 Å². The van der Waals surface area contributed by atoms with Crippen molar-refractivity contribution in [3.8, 4) is 11.5 Å². The molecule has 0 aliphatic carbocycles. The zero-order valence-corrected chi connectivity index (χ0v) is 27.3. The van der Waals surface area contributed by atoms with Crippen molar-refractivity contribution in [2.45, 2.75) is 117 Å². The fourth-order valence-electron chi connectivity index (χ4n) is 5.12. The Morgan fingerprint density at radius 2 is 0.925 bits per heavy atom. The second kappa shape index (κ2) is 11.0. The number of rotatable bonds is 4. The van der Waals surface area contributed by atoms with Gasteiger partial charge in [0.05, 0.1) is 12.1 Å². The fourth-order valence-corrected chi connectivity index (χ4v) is 5.12. The van der Waals surface area contributed by atoms with Crippen LogP contribution >= 0.6 is 0 Å². The molecule has 1 aliphatic heterocycles. The Morgan fingerprint density at radius 3 is 1.20 bits per heavy atom. The summed E-state index contributed by atoms with van der Waals surface area (Å²) in [7, 11) is 2.09. The number of nitrogens with zero attached hydrogens (tertiary/aromatic N) is 3. The third-order valence-corrected chi connectivity index (χ3v) is 7.88. The van der Waals surface area contributed by atoms with Crippen molar-refractivity contribution >= 4 is 12.4 Å². The lowest BCUT2D eigenvalue weighted by Crippen LogP contribution is -2.21. The van der Waals surface area contributed by atoms with Gasteiger partial charge in [-0.05, 0) is 52.0 Å². The monoisotopic (exact) mass is 547 g/mol. The molecule has 0 bridgehead atoms. The average molecular weight is 548 g/mol. The van der Waals surface area contributed by atoms with Crippen LogP contribution in [-0.4, -0.2) is 59.8 Å². The summed E-state index contributed by atoms with van der Waals surface area (Å²) in [6.07, 6.45) is 3.67. The summed E-state index contributed by atoms with van der Waals surface area (Å²) in [4.78, 5) is 12.2. The second-order valence-corrected chi connectivity index (χ2v) is 15.8. The molecule has 1 fully saturated rings. The van der Waals surface area contributed by atoms with E-state index in [1.54, 1.807) is 0 Å². The highest BCUT2D eigenvalue weighted by Gasteiger charge is 2.31. The third kappa shape index (κ3) is 7.34. The van der Waals surface area contributed by atoms with Gasteiger partial charge in [-0.25, -0.2) is 0 Å². The van der Waals surface area contributed by atoms with E-state index in [0.717, 1.165) is 35.3 Å². The van der Waals surface area contributed by atoms with Gasteiger partial charge in [-0.15, -0.1) is 0 Å². The first-order valence-corrected chi connectivity index (χ1v) is 14.6. The van der Waals surface area contributed by atoms with Crippen LogP contribution in [0, 0.1) is 0 Å². The van der Waals surface area contributed by atoms with Crippen LogP contribution in [0.15, 0.2) is 34.3 Å². The third-order valence-electron chi connectivity index (χ3n) is 7.88. The van der Waals surface area contributed by atoms with Gasteiger partial charge in [-0.3, -0.25) is 9.98 Å². The first-order chi connectivity index (χ1) is 18.1. The molecule has 2 aromatic rings. The van der Waals surface area contributed by atoms with E-state index in [-0.39, 0.29) is 33.7 Å². The summed E-state index contributed by atoms with van der Waals surface area (Å²) in [6.45, 7) is 27.5. The van der Waals surface area contributed by atoms with Crippen molar-refractivity contribution < 1.29 is 10.2 Å². The molecule has 0 saturated carbocycles. The molecule has 5 nitrogen and oxygen atoms in total. The maximum absolute atomic E-state index is 11.2. The Kier molecular flexibility index (Phi) is 8.73. The molecule has 0 amide bonds. The zero-order chi connectivity index (χ0) is 30.4. The van der Waals surface area contributed by atoms with E-state index in [1.807, 2.05) is 12.4 Å². The molecule has 2 N–H and O–H groups in total. The molecule has 3 rings (SSSR count). The van der Waals surface area contributed by atoms with Crippen LogP contribution in [0.5, 0.6) is 11.5 Å². The van der Waals surface area contributed by atoms with E-state index in [0.29, 0.717) is 11.5 Å². The molecule has 0 radical (unpaired) electrons. The maximum Gasteiger partial charge on any atom is 0.128 e. The Hall–Kier alpha value is -2.66. The highest BCUT2D eigenvalue weighted by molar-refractivity contribution is 5.86. The minimum Gasteiger partial charge on any atom is -0.507 e. The first-order valence-electron chi connectivity index (χ1n) is 14.6. The van der Waals surface area contributed by atoms with Gasteiger partial charge in [0.1, 0.15) is 11.5 Å². The molecule has 40 heavy (non-hydrogen) atoms. The highest BCUT2D eigenvalue weighted by atomic mass is 16.3. The Balaban J connectivity index is 2.00. The molecule has 0 aromatic heterocycles. The van der Waals surface area contributed by atoms with Gasteiger partial charge in [-0.2, -0.15) is 0 Å². The molecule has 0 spiro atoms. The molecule has 220 valence electrons. The van der Waals surface area contributed by atoms with Crippen molar-refractivity contribution in [2.24, 2.45) is 9.98 Å². The maximum atomic E-state index is 11.2. The summed E-state index contributed by atoms with van der Waals surface area (Å²) in [5.41, 5.74) is 5.25. The van der Waals surface area contributed by atoms with Gasteiger partial charge in [-0.1, -0.05) is 95.2 Å². The second-order valence-electron chi connectivity index (χ2n) is 15.8. The fraction of sp³-hybridized carbons (Fsp3) is 0.600. The minimum absolute atomic E-state index is 0.0490. The Labute approximate surface area is 243 Å². The number of aromatic hydroxyl groups is 2. The van der Waals surface area contributed by atoms with Crippen LogP contribution in [-0.2, 0) is 21.7 Å². The zero-order valence-electron chi connectivity index (χ0n) is 27.3. The van der Waals surface area contributed by atoms with E-state index in [1.165, 1.54) is 11.1 Å². The molecular weight excluding hydrogens is 494 g/mol. The average Bonchev–Trinajstić information content (AvgIpc) is 3.13. The van der Waals surface area contributed by atoms with Gasteiger partial charge in [0.25, 0.3) is 0 Å². The Morgan fingerprint density at radius 1 is 0.600 bits per heavy atom. The van der Waals surface area contributed by atoms with E-state index >= 15 is 0 Å². The number of hydrogen-bond donors (Lipinski definition) is 2. The van der Waals surface area contributed by atoms with E-state index < -0.39 is 0 Å². The molecule has 1 heterocycles. The lowest BCUT2D eigenvalue weighted by molar-refractivity contribution is 0.408. The van der Waals surface area contributed by atoms with Crippen LogP contribution < -0.4 is 0 Å². The summed E-state index contributed by atoms with van der Waals surface area (Å²) >= 11 is 0. The first kappa shape index (κ1) is 31.9. The number of benzene rings is 2. The highest BCUT2D eigenvalue weighted by Crippen LogP contribution is 2.38. The Bertz CT molecular complexity index is 1180. The number of phenolic OH excluding ortho intramolecular Hbond substituents is 2. The van der Waals surface area contributed by atoms with Gasteiger partial charge < -0.3 is 15.1 Å². The number of hydrogen-bond acceptors (Lipinski definition) is 5. The predicted molar refractivity (Wildman–Crippen MR) is 171 cm³/mol. The number of likely N-dealkylation sites (N-methyl/N-ethyl adjacent to an activating group) is 1. The van der Waals surface area contributed by atoms with Gasteiger partial charge in [0.15, 0.2) is 0 Å². The minimum atomic E-state index is -0.191. The molecular formula is C35H53N3O2. The number of aliphatic imine (C=N–C) groups is 2. The molecule has 1 aliphatic rings. The molecule has 2 aromatic carbocycles. The quantitative estimate of drug-likeness (QED) is 0.389. The number of phenols is 2. The van der Waals surface area contributed by atoms with Gasteiger partial charge in [0.2, 0.25) is 0 Å². The predicted octanol–water partition coefficient (Wildman–Crippen LogP) is 7.51. The van der Waals surface area contributed by atoms with Crippen LogP contribution in [0.25, 0.3) is 0 Å². The molecule has 2 atom stereocenters. The summed E-state index contributed by atoms with van der Waals surface area (Å²) in [6, 6.07) is 8.30. The normalized spacial score (nSPS) is 19.8. The van der Waals surface area contributed by atoms with Crippen molar-refractivity contribution in [2.75, 3.05) is 20.1 Å². The van der Waals surface area contributed by atoms with Crippen molar-refractivity contribution in [3.05, 3.63) is 57.6 Å². The largest absolute Gasteiger partial charge is 0.507 e. The van der Waals surface area contributed by atoms with E-state index in [4.69, 9.17) is 9.98 Å². The van der Waals surface area contributed by atoms with E-state index in [2.05, 4.69) is 119 Å². The SMILES string of the molecule is CN1C[C@@H](N=Cc2cc(C(C)(C)C)cc(C(C)(C)C)c2O)[C@H](N=Cc2cc(C(C)(C)C)cc(C(C)(C)C)c2O)C1. The van der Waals surface area contributed by atoms with Crippen molar-refractivity contribution in [1.29, 1.82) is 0 Å². The summed E-state index contributed by atoms with van der Waals surface area (Å²) < 4.78 is 0.